The van der Waals surface area contributed by atoms with Crippen LogP contribution in [-0.2, 0) is 0 Å². The molecule has 1 fully saturated rings. The van der Waals surface area contributed by atoms with Gasteiger partial charge in [0.1, 0.15) is 11.5 Å². The molecule has 2 heterocycles. The summed E-state index contributed by atoms with van der Waals surface area (Å²) in [5.74, 6) is -1.57. The summed E-state index contributed by atoms with van der Waals surface area (Å²) in [7, 11) is 0. The van der Waals surface area contributed by atoms with Crippen LogP contribution >= 0.6 is 27.5 Å². The van der Waals surface area contributed by atoms with Gasteiger partial charge in [-0.3, -0.25) is 19.4 Å². The van der Waals surface area contributed by atoms with E-state index in [1.54, 1.807) is 59.8 Å². The molecular weight excluding hydrogens is 576 g/mol. The van der Waals surface area contributed by atoms with Crippen molar-refractivity contribution in [2.24, 2.45) is 10.5 Å². The molecule has 7 rings (SSSR count). The van der Waals surface area contributed by atoms with Crippen molar-refractivity contribution < 1.29 is 14.4 Å². The molecule has 2 aliphatic heterocycles. The number of nitrogens with zero attached hydrogens (tertiary/aromatic N) is 2. The first kappa shape index (κ1) is 24.2. The zero-order valence-corrected chi connectivity index (χ0v) is 22.8. The fraction of sp³-hybridized carbons (Fsp3) is 0.125. The van der Waals surface area contributed by atoms with E-state index in [4.69, 9.17) is 16.7 Å². The van der Waals surface area contributed by atoms with Gasteiger partial charge in [-0.15, -0.1) is 0 Å². The Kier molecular flexibility index (Phi) is 5.48. The van der Waals surface area contributed by atoms with Crippen molar-refractivity contribution in [2.75, 3.05) is 0 Å². The Bertz CT molecular complexity index is 1680. The molecule has 0 radical (unpaired) electrons. The molecule has 0 N–H and O–H groups in total. The number of hydrazone groups is 1. The molecule has 39 heavy (non-hydrogen) atoms. The van der Waals surface area contributed by atoms with Crippen LogP contribution in [0.15, 0.2) is 107 Å². The second-order valence-electron chi connectivity index (χ2n) is 10.1. The maximum atomic E-state index is 14.7. The van der Waals surface area contributed by atoms with Crippen LogP contribution in [0.25, 0.3) is 0 Å². The molecule has 4 aromatic rings. The predicted molar refractivity (Wildman–Crippen MR) is 153 cm³/mol. The highest BCUT2D eigenvalue weighted by molar-refractivity contribution is 9.10. The Labute approximate surface area is 238 Å². The Balaban J connectivity index is 1.55. The third kappa shape index (κ3) is 3.31. The van der Waals surface area contributed by atoms with Gasteiger partial charge >= 0.3 is 0 Å². The van der Waals surface area contributed by atoms with Gasteiger partial charge in [0, 0.05) is 32.1 Å². The fourth-order valence-corrected chi connectivity index (χ4v) is 6.99. The van der Waals surface area contributed by atoms with E-state index in [-0.39, 0.29) is 17.3 Å². The van der Waals surface area contributed by atoms with E-state index >= 15 is 0 Å². The number of fused-ring (bicyclic) bond motifs is 5. The average Bonchev–Trinajstić information content (AvgIpc) is 3.40. The van der Waals surface area contributed by atoms with Crippen LogP contribution in [0, 0.1) is 5.41 Å². The quantitative estimate of drug-likeness (QED) is 0.191. The third-order valence-electron chi connectivity index (χ3n) is 8.20. The highest BCUT2D eigenvalue weighted by Gasteiger charge is 2.72. The van der Waals surface area contributed by atoms with Crippen molar-refractivity contribution in [3.8, 4) is 0 Å². The van der Waals surface area contributed by atoms with Crippen molar-refractivity contribution in [3.05, 3.63) is 140 Å². The second kappa shape index (κ2) is 8.83. The van der Waals surface area contributed by atoms with Gasteiger partial charge in [0.15, 0.2) is 17.3 Å². The number of Topliss-reactive ketones (excluding diaryl/α,β-unsaturated/α-hetero) is 3. The molecule has 1 spiro atoms. The van der Waals surface area contributed by atoms with Crippen LogP contribution in [0.1, 0.15) is 59.7 Å². The Morgan fingerprint density at radius 1 is 0.821 bits per heavy atom. The van der Waals surface area contributed by atoms with Crippen LogP contribution in [0.4, 0.5) is 0 Å². The highest BCUT2D eigenvalue weighted by Crippen LogP contribution is 2.64. The molecule has 0 amide bonds. The molecule has 4 aromatic carbocycles. The molecule has 1 saturated heterocycles. The maximum Gasteiger partial charge on any atom is 0.187 e. The topological polar surface area (TPSA) is 66.8 Å². The molecule has 3 aliphatic rings. The first-order chi connectivity index (χ1) is 18.9. The minimum atomic E-state index is -1.59. The van der Waals surface area contributed by atoms with Crippen molar-refractivity contribution in [3.63, 3.8) is 0 Å². The normalized spacial score (nSPS) is 22.1. The summed E-state index contributed by atoms with van der Waals surface area (Å²) in [6, 6.07) is 27.1. The van der Waals surface area contributed by atoms with E-state index < -0.39 is 23.4 Å². The Hall–Kier alpha value is -3.87. The van der Waals surface area contributed by atoms with E-state index in [2.05, 4.69) is 15.9 Å². The Morgan fingerprint density at radius 3 is 2.10 bits per heavy atom. The van der Waals surface area contributed by atoms with E-state index in [1.165, 1.54) is 0 Å². The number of hydrogen-bond donors (Lipinski definition) is 0. The summed E-state index contributed by atoms with van der Waals surface area (Å²) in [6.07, 6.45) is 1.71. The van der Waals surface area contributed by atoms with Crippen molar-refractivity contribution in [2.45, 2.75) is 18.0 Å². The molecule has 0 unspecified atom stereocenters. The van der Waals surface area contributed by atoms with Gasteiger partial charge in [-0.1, -0.05) is 88.2 Å². The summed E-state index contributed by atoms with van der Waals surface area (Å²) < 4.78 is 0.854. The summed E-state index contributed by atoms with van der Waals surface area (Å²) >= 11 is 9.63. The van der Waals surface area contributed by atoms with Gasteiger partial charge in [-0.25, -0.2) is 0 Å². The van der Waals surface area contributed by atoms with Crippen LogP contribution < -0.4 is 0 Å². The summed E-state index contributed by atoms with van der Waals surface area (Å²) in [4.78, 5) is 43.7. The zero-order chi connectivity index (χ0) is 26.9. The standard InChI is InChI=1S/C32H20BrClN2O3/c33-21-13-9-18(10-14-21)26-27(28(37)19-11-15-22(34)16-12-19)36-29(23-6-2-1-5-20(23)17-35-36)32(26)30(38)24-7-3-4-8-25(24)31(32)39/h1-17,26-27,29H/t26-,27-,29+/m0/s1. The van der Waals surface area contributed by atoms with Gasteiger partial charge in [0.05, 0.1) is 12.3 Å². The molecule has 5 nitrogen and oxygen atoms in total. The SMILES string of the molecule is O=C(c1ccc(Cl)cc1)[C@@H]1[C@H](c2ccc(Br)cc2)C2(C(=O)c3ccccc3C2=O)[C@H]2c3ccccc3C=NN12. The number of benzene rings is 4. The second-order valence-corrected chi connectivity index (χ2v) is 11.4. The van der Waals surface area contributed by atoms with Gasteiger partial charge in [-0.05, 0) is 53.1 Å². The lowest BCUT2D eigenvalue weighted by Crippen LogP contribution is -2.43. The molecule has 0 saturated carbocycles. The van der Waals surface area contributed by atoms with E-state index in [1.807, 2.05) is 48.5 Å². The van der Waals surface area contributed by atoms with Gasteiger partial charge < -0.3 is 0 Å². The predicted octanol–water partition coefficient (Wildman–Crippen LogP) is 6.91. The third-order valence-corrected chi connectivity index (χ3v) is 8.98. The summed E-state index contributed by atoms with van der Waals surface area (Å²) in [6.45, 7) is 0. The lowest BCUT2D eigenvalue weighted by atomic mass is 9.63. The van der Waals surface area contributed by atoms with Crippen LogP contribution in [-0.4, -0.2) is 34.6 Å². The van der Waals surface area contributed by atoms with Crippen molar-refractivity contribution >= 4 is 51.1 Å². The largest absolute Gasteiger partial charge is 0.293 e. The van der Waals surface area contributed by atoms with E-state index in [0.717, 1.165) is 21.2 Å². The van der Waals surface area contributed by atoms with E-state index in [0.29, 0.717) is 21.7 Å². The molecule has 0 bridgehead atoms. The van der Waals surface area contributed by atoms with Crippen molar-refractivity contribution in [1.82, 2.24) is 5.01 Å². The maximum absolute atomic E-state index is 14.7. The van der Waals surface area contributed by atoms with Crippen LogP contribution in [0.5, 0.6) is 0 Å². The molecule has 7 heteroatoms. The molecular formula is C32H20BrClN2O3. The molecule has 3 atom stereocenters. The number of carbonyl (C=O) groups is 3. The van der Waals surface area contributed by atoms with Gasteiger partial charge in [0.2, 0.25) is 0 Å². The lowest BCUT2D eigenvalue weighted by Gasteiger charge is -2.36. The Morgan fingerprint density at radius 2 is 1.44 bits per heavy atom. The summed E-state index contributed by atoms with van der Waals surface area (Å²) in [5.41, 5.74) is 1.97. The number of rotatable bonds is 3. The van der Waals surface area contributed by atoms with E-state index in [9.17, 15) is 14.4 Å². The van der Waals surface area contributed by atoms with Crippen molar-refractivity contribution in [1.29, 1.82) is 0 Å². The molecule has 190 valence electrons. The average molecular weight is 596 g/mol. The van der Waals surface area contributed by atoms with Gasteiger partial charge in [-0.2, -0.15) is 5.10 Å². The first-order valence-corrected chi connectivity index (χ1v) is 13.7. The molecule has 0 aromatic heterocycles. The number of ketones is 3. The van der Waals surface area contributed by atoms with Crippen LogP contribution in [0.3, 0.4) is 0 Å². The fourth-order valence-electron chi connectivity index (χ4n) is 6.60. The number of hydrogen-bond acceptors (Lipinski definition) is 5. The minimum absolute atomic E-state index is 0.227. The van der Waals surface area contributed by atoms with Gasteiger partial charge in [0.25, 0.3) is 0 Å². The lowest BCUT2D eigenvalue weighted by molar-refractivity contribution is 0.0586. The number of halogens is 2. The summed E-state index contributed by atoms with van der Waals surface area (Å²) in [5, 5.41) is 6.98. The first-order valence-electron chi connectivity index (χ1n) is 12.6. The number of carbonyl (C=O) groups excluding carboxylic acids is 3. The zero-order valence-electron chi connectivity index (χ0n) is 20.4. The molecule has 1 aliphatic carbocycles. The monoisotopic (exact) mass is 594 g/mol. The van der Waals surface area contributed by atoms with Crippen LogP contribution in [0.2, 0.25) is 5.02 Å². The minimum Gasteiger partial charge on any atom is -0.293 e. The smallest absolute Gasteiger partial charge is 0.187 e. The highest BCUT2D eigenvalue weighted by atomic mass is 79.9.